The lowest BCUT2D eigenvalue weighted by Gasteiger charge is -2.08. The first-order valence-electron chi connectivity index (χ1n) is 14.8. The summed E-state index contributed by atoms with van der Waals surface area (Å²) in [7, 11) is 0. The average Bonchev–Trinajstić information content (AvgIpc) is 3.32. The Morgan fingerprint density at radius 2 is 1.39 bits per heavy atom. The molecule has 0 saturated carbocycles. The summed E-state index contributed by atoms with van der Waals surface area (Å²) in [5.41, 5.74) is 10.1. The Morgan fingerprint density at radius 1 is 0.818 bits per heavy atom. The molecule has 3 aromatic rings. The quantitative estimate of drug-likeness (QED) is 0.210. The summed E-state index contributed by atoms with van der Waals surface area (Å²) in [4.78, 5) is 24.3. The van der Waals surface area contributed by atoms with Gasteiger partial charge in [0, 0.05) is 36.2 Å². The zero-order chi connectivity index (χ0) is 32.2. The highest BCUT2D eigenvalue weighted by molar-refractivity contribution is 6.61. The summed E-state index contributed by atoms with van der Waals surface area (Å²) in [5, 5.41) is 1.85. The molecule has 1 aromatic heterocycles. The smallest absolute Gasteiger partial charge is 0.341 e. The first-order valence-corrected chi connectivity index (χ1v) is 16.7. The molecule has 0 spiro atoms. The van der Waals surface area contributed by atoms with Crippen LogP contribution in [0.5, 0.6) is 0 Å². The number of hydrogen-bond acceptors (Lipinski definition) is 5. The molecular formula is C32H39Cl5N4O3. The van der Waals surface area contributed by atoms with E-state index in [0.717, 1.165) is 62.1 Å². The van der Waals surface area contributed by atoms with E-state index in [4.69, 9.17) is 62.7 Å². The van der Waals surface area contributed by atoms with Gasteiger partial charge in [-0.2, -0.15) is 0 Å². The molecule has 2 aliphatic rings. The fourth-order valence-electron chi connectivity index (χ4n) is 4.83. The van der Waals surface area contributed by atoms with E-state index in [-0.39, 0.29) is 22.2 Å². The molecule has 0 radical (unpaired) electrons. The fourth-order valence-corrected chi connectivity index (χ4v) is 5.81. The van der Waals surface area contributed by atoms with Gasteiger partial charge in [0.25, 0.3) is 5.56 Å². The van der Waals surface area contributed by atoms with Crippen LogP contribution in [0.15, 0.2) is 45.7 Å². The molecule has 2 aromatic carbocycles. The number of fused-ring (bicyclic) bond motifs is 1. The van der Waals surface area contributed by atoms with Crippen LogP contribution in [0.2, 0.25) is 15.2 Å². The number of carbonyl (C=O) groups excluding carboxylic acids is 1. The van der Waals surface area contributed by atoms with Crippen LogP contribution in [0, 0.1) is 13.8 Å². The van der Waals surface area contributed by atoms with Gasteiger partial charge < -0.3 is 4.74 Å². The van der Waals surface area contributed by atoms with E-state index in [9.17, 15) is 9.59 Å². The van der Waals surface area contributed by atoms with Crippen molar-refractivity contribution in [2.75, 3.05) is 19.7 Å². The Morgan fingerprint density at radius 3 is 1.95 bits per heavy atom. The Kier molecular flexibility index (Phi) is 15.1. The molecule has 0 atom stereocenters. The molecule has 0 amide bonds. The van der Waals surface area contributed by atoms with Gasteiger partial charge in [-0.1, -0.05) is 76.6 Å². The maximum Gasteiger partial charge on any atom is 0.341 e. The predicted octanol–water partition coefficient (Wildman–Crippen LogP) is 8.74. The summed E-state index contributed by atoms with van der Waals surface area (Å²) in [6, 6.07) is 10.7. The van der Waals surface area contributed by atoms with Crippen molar-refractivity contribution in [2.24, 2.45) is 0 Å². The van der Waals surface area contributed by atoms with Crippen LogP contribution >= 0.6 is 58.0 Å². The Hall–Kier alpha value is -1.97. The number of hydrazine groups is 1. The molecule has 2 aliphatic heterocycles. The number of rotatable bonds is 4. The van der Waals surface area contributed by atoms with E-state index >= 15 is 0 Å². The average molecular weight is 705 g/mol. The lowest BCUT2D eigenvalue weighted by Crippen LogP contribution is -2.30. The number of nitrogens with zero attached hydrogens (tertiary/aromatic N) is 2. The van der Waals surface area contributed by atoms with Crippen molar-refractivity contribution in [3.05, 3.63) is 83.1 Å². The van der Waals surface area contributed by atoms with Gasteiger partial charge in [-0.3, -0.25) is 20.3 Å². The second-order valence-corrected chi connectivity index (χ2v) is 12.6. The molecule has 2 N–H and O–H groups in total. The number of carbonyl (C=O) groups is 1. The third-order valence-corrected chi connectivity index (χ3v) is 8.81. The van der Waals surface area contributed by atoms with Gasteiger partial charge in [-0.15, -0.1) is 0 Å². The highest BCUT2D eigenvalue weighted by atomic mass is 35.5. The summed E-state index contributed by atoms with van der Waals surface area (Å²) >= 11 is 29.8. The van der Waals surface area contributed by atoms with E-state index < -0.39 is 5.97 Å². The second kappa shape index (κ2) is 18.2. The lowest BCUT2D eigenvalue weighted by molar-refractivity contribution is -0.136. The highest BCUT2D eigenvalue weighted by Crippen LogP contribution is 2.30. The molecule has 0 bridgehead atoms. The van der Waals surface area contributed by atoms with Gasteiger partial charge in [-0.25, -0.2) is 9.48 Å². The molecular weight excluding hydrogens is 666 g/mol. The van der Waals surface area contributed by atoms with Crippen molar-refractivity contribution in [3.63, 3.8) is 0 Å². The molecule has 240 valence electrons. The van der Waals surface area contributed by atoms with E-state index in [1.54, 1.807) is 29.8 Å². The molecule has 5 rings (SSSR count). The van der Waals surface area contributed by atoms with E-state index in [2.05, 4.69) is 10.9 Å². The minimum Gasteiger partial charge on any atom is -0.462 e. The van der Waals surface area contributed by atoms with Crippen molar-refractivity contribution in [2.45, 2.75) is 72.4 Å². The van der Waals surface area contributed by atoms with Crippen molar-refractivity contribution in [3.8, 4) is 11.1 Å². The molecule has 1 saturated heterocycles. The summed E-state index contributed by atoms with van der Waals surface area (Å²) in [6.45, 7) is 9.56. The van der Waals surface area contributed by atoms with E-state index in [1.807, 2.05) is 36.7 Å². The molecule has 12 heteroatoms. The fraction of sp³-hybridized carbons (Fsp3) is 0.438. The van der Waals surface area contributed by atoms with Gasteiger partial charge in [0.15, 0.2) is 0 Å². The molecule has 44 heavy (non-hydrogen) atoms. The highest BCUT2D eigenvalue weighted by Gasteiger charge is 2.21. The SMILES string of the molecule is C1CCNNCC1.CCOC(=O)C(=C(Cl)Cl)c1ccc(Cl)c(C)c1.Cc1cc(-c2c(Cl)n3n(c2=O)CCCCC3)ccc1Cl. The minimum atomic E-state index is -0.547. The lowest BCUT2D eigenvalue weighted by atomic mass is 10.1. The van der Waals surface area contributed by atoms with Crippen LogP contribution in [0.25, 0.3) is 16.7 Å². The van der Waals surface area contributed by atoms with Crippen molar-refractivity contribution < 1.29 is 9.53 Å². The molecule has 7 nitrogen and oxygen atoms in total. The van der Waals surface area contributed by atoms with Gasteiger partial charge in [0.1, 0.15) is 9.64 Å². The number of aromatic nitrogens is 2. The monoisotopic (exact) mass is 702 g/mol. The van der Waals surface area contributed by atoms with Crippen molar-refractivity contribution in [1.29, 1.82) is 0 Å². The standard InChI is InChI=1S/C15H16Cl2N2O.C12H11Cl3O2.C5H12N2/c1-10-9-11(5-6-12(10)16)13-14(17)18-7-3-2-4-8-19(18)15(13)20;1-3-17-12(16)10(11(14)15)8-4-5-9(13)7(2)6-8;1-2-4-6-7-5-3-1/h5-6,9H,2-4,7-8H2,1H3;4-6H,3H2,1-2H3;6-7H,1-5H2. The summed E-state index contributed by atoms with van der Waals surface area (Å²) < 4.78 is 8.46. The molecule has 3 heterocycles. The van der Waals surface area contributed by atoms with Crippen LogP contribution in [-0.2, 0) is 22.6 Å². The number of hydrogen-bond donors (Lipinski definition) is 2. The van der Waals surface area contributed by atoms with Gasteiger partial charge in [-0.05, 0) is 99.4 Å². The molecule has 0 aliphatic carbocycles. The third kappa shape index (κ3) is 10.0. The van der Waals surface area contributed by atoms with E-state index in [1.165, 1.54) is 19.3 Å². The molecule has 1 fully saturated rings. The van der Waals surface area contributed by atoms with E-state index in [0.29, 0.717) is 26.3 Å². The number of esters is 1. The van der Waals surface area contributed by atoms with Gasteiger partial charge in [0.2, 0.25) is 0 Å². The van der Waals surface area contributed by atoms with Crippen LogP contribution in [0.3, 0.4) is 0 Å². The van der Waals surface area contributed by atoms with Crippen LogP contribution in [0.4, 0.5) is 0 Å². The number of nitrogens with one attached hydrogen (secondary N) is 2. The van der Waals surface area contributed by atoms with Gasteiger partial charge >= 0.3 is 5.97 Å². The number of halogens is 5. The number of benzene rings is 2. The minimum absolute atomic E-state index is 0.00128. The second-order valence-electron chi connectivity index (χ2n) is 10.5. The van der Waals surface area contributed by atoms with Crippen LogP contribution < -0.4 is 16.4 Å². The van der Waals surface area contributed by atoms with Crippen molar-refractivity contribution in [1.82, 2.24) is 20.2 Å². The maximum atomic E-state index is 12.6. The van der Waals surface area contributed by atoms with Crippen molar-refractivity contribution >= 4 is 69.5 Å². The van der Waals surface area contributed by atoms with Gasteiger partial charge in [0.05, 0.1) is 17.7 Å². The zero-order valence-corrected chi connectivity index (χ0v) is 29.0. The number of aryl methyl sites for hydroxylation is 2. The maximum absolute atomic E-state index is 12.6. The topological polar surface area (TPSA) is 77.3 Å². The Labute approximate surface area is 284 Å². The largest absolute Gasteiger partial charge is 0.462 e. The molecule has 0 unspecified atom stereocenters. The predicted molar refractivity (Wildman–Crippen MR) is 184 cm³/mol. The first kappa shape index (κ1) is 36.5. The Balaban J connectivity index is 0.000000200. The summed E-state index contributed by atoms with van der Waals surface area (Å²) in [5.74, 6) is -0.547. The van der Waals surface area contributed by atoms with Crippen LogP contribution in [-0.4, -0.2) is 35.0 Å². The first-order chi connectivity index (χ1) is 21.1. The summed E-state index contributed by atoms with van der Waals surface area (Å²) in [6.07, 6.45) is 7.26. The Bertz CT molecular complexity index is 1490. The number of ether oxygens (including phenoxy) is 1. The third-order valence-electron chi connectivity index (χ3n) is 7.20. The zero-order valence-electron chi connectivity index (χ0n) is 25.3. The normalized spacial score (nSPS) is 14.5. The van der Waals surface area contributed by atoms with Crippen LogP contribution in [0.1, 0.15) is 62.1 Å².